The summed E-state index contributed by atoms with van der Waals surface area (Å²) < 4.78 is 0. The van der Waals surface area contributed by atoms with Gasteiger partial charge in [-0.2, -0.15) is 11.8 Å². The molecule has 2 N–H and O–H groups in total. The average Bonchev–Trinajstić information content (AvgIpc) is 2.90. The molecule has 0 spiro atoms. The van der Waals surface area contributed by atoms with Crippen LogP contribution >= 0.6 is 23.4 Å². The van der Waals surface area contributed by atoms with Gasteiger partial charge in [-0.3, -0.25) is 4.79 Å². The summed E-state index contributed by atoms with van der Waals surface area (Å²) in [7, 11) is 0. The Balaban J connectivity index is 2.06. The molecule has 0 bridgehead atoms. The van der Waals surface area contributed by atoms with Crippen LogP contribution in [-0.4, -0.2) is 35.0 Å². The van der Waals surface area contributed by atoms with E-state index in [1.54, 1.807) is 6.07 Å². The van der Waals surface area contributed by atoms with Crippen LogP contribution in [-0.2, 0) is 0 Å². The molecule has 1 aliphatic rings. The van der Waals surface area contributed by atoms with Gasteiger partial charge in [-0.1, -0.05) is 18.5 Å². The number of carbonyl (C=O) groups is 1. The molecular weight excluding hydrogens is 282 g/mol. The van der Waals surface area contributed by atoms with Crippen molar-refractivity contribution in [3.63, 3.8) is 0 Å². The van der Waals surface area contributed by atoms with Crippen LogP contribution < -0.4 is 10.6 Å². The maximum atomic E-state index is 12.2. The highest BCUT2D eigenvalue weighted by atomic mass is 35.5. The first-order chi connectivity index (χ1) is 9.20. The van der Waals surface area contributed by atoms with Crippen LogP contribution in [0.1, 0.15) is 30.1 Å². The van der Waals surface area contributed by atoms with Gasteiger partial charge in [0.15, 0.2) is 0 Å². The van der Waals surface area contributed by atoms with E-state index in [4.69, 9.17) is 11.6 Å². The summed E-state index contributed by atoms with van der Waals surface area (Å²) in [6.07, 6.45) is 3.56. The van der Waals surface area contributed by atoms with Gasteiger partial charge in [0.05, 0.1) is 10.6 Å². The zero-order chi connectivity index (χ0) is 13.7. The standard InChI is InChI=1S/C13H18ClN3OS/c1-2-4-15-12-6-10(11(14)7-16-12)13(18)17-9-3-5-19-8-9/h6-7,9H,2-5,8H2,1H3,(H,15,16)(H,17,18). The van der Waals surface area contributed by atoms with Crippen LogP contribution in [0.15, 0.2) is 12.3 Å². The number of pyridine rings is 1. The zero-order valence-corrected chi connectivity index (χ0v) is 12.5. The third-order valence-electron chi connectivity index (χ3n) is 2.92. The number of nitrogens with one attached hydrogen (secondary N) is 2. The van der Waals surface area contributed by atoms with Crippen molar-refractivity contribution in [2.45, 2.75) is 25.8 Å². The first-order valence-electron chi connectivity index (χ1n) is 6.48. The van der Waals surface area contributed by atoms with E-state index in [0.717, 1.165) is 30.9 Å². The molecule has 1 aliphatic heterocycles. The summed E-state index contributed by atoms with van der Waals surface area (Å²) in [5.41, 5.74) is 0.493. The Hall–Kier alpha value is -0.940. The Morgan fingerprint density at radius 2 is 2.47 bits per heavy atom. The molecule has 0 radical (unpaired) electrons. The van der Waals surface area contributed by atoms with E-state index in [-0.39, 0.29) is 11.9 Å². The highest BCUT2D eigenvalue weighted by Crippen LogP contribution is 2.21. The Bertz CT molecular complexity index is 450. The average molecular weight is 300 g/mol. The van der Waals surface area contributed by atoms with Crippen LogP contribution in [0, 0.1) is 0 Å². The predicted octanol–water partition coefficient (Wildman–Crippen LogP) is 2.79. The summed E-state index contributed by atoms with van der Waals surface area (Å²) in [5, 5.41) is 6.57. The molecular formula is C13H18ClN3OS. The zero-order valence-electron chi connectivity index (χ0n) is 10.9. The lowest BCUT2D eigenvalue weighted by Crippen LogP contribution is -2.34. The van der Waals surface area contributed by atoms with E-state index in [0.29, 0.717) is 16.4 Å². The number of rotatable bonds is 5. The van der Waals surface area contributed by atoms with Crippen LogP contribution in [0.4, 0.5) is 5.82 Å². The number of nitrogens with zero attached hydrogens (tertiary/aromatic N) is 1. The van der Waals surface area contributed by atoms with Crippen molar-refractivity contribution < 1.29 is 4.79 Å². The van der Waals surface area contributed by atoms with Crippen LogP contribution in [0.2, 0.25) is 5.02 Å². The van der Waals surface area contributed by atoms with Gasteiger partial charge in [0.1, 0.15) is 5.82 Å². The lowest BCUT2D eigenvalue weighted by molar-refractivity contribution is 0.0941. The second-order valence-corrected chi connectivity index (χ2v) is 6.07. The minimum atomic E-state index is -0.112. The molecule has 0 aliphatic carbocycles. The van der Waals surface area contributed by atoms with E-state index in [1.807, 2.05) is 11.8 Å². The number of amides is 1. The number of thioether (sulfide) groups is 1. The Kier molecular flexibility index (Phi) is 5.34. The first-order valence-corrected chi connectivity index (χ1v) is 8.02. The number of hydrogen-bond donors (Lipinski definition) is 2. The van der Waals surface area contributed by atoms with Crippen molar-refractivity contribution >= 4 is 35.1 Å². The minimum absolute atomic E-state index is 0.112. The van der Waals surface area contributed by atoms with Crippen molar-refractivity contribution in [1.82, 2.24) is 10.3 Å². The highest BCUT2D eigenvalue weighted by molar-refractivity contribution is 7.99. The molecule has 0 saturated carbocycles. The molecule has 2 rings (SSSR count). The molecule has 1 unspecified atom stereocenters. The number of anilines is 1. The number of carbonyl (C=O) groups excluding carboxylic acids is 1. The van der Waals surface area contributed by atoms with E-state index in [1.165, 1.54) is 6.20 Å². The summed E-state index contributed by atoms with van der Waals surface area (Å²) in [6.45, 7) is 2.91. The quantitative estimate of drug-likeness (QED) is 0.878. The second-order valence-electron chi connectivity index (χ2n) is 4.51. The topological polar surface area (TPSA) is 54.0 Å². The van der Waals surface area contributed by atoms with Crippen LogP contribution in [0.5, 0.6) is 0 Å². The fourth-order valence-electron chi connectivity index (χ4n) is 1.87. The van der Waals surface area contributed by atoms with Gasteiger partial charge in [-0.25, -0.2) is 4.98 Å². The fraction of sp³-hybridized carbons (Fsp3) is 0.538. The minimum Gasteiger partial charge on any atom is -0.370 e. The summed E-state index contributed by atoms with van der Waals surface area (Å²) in [5.74, 6) is 2.67. The monoisotopic (exact) mass is 299 g/mol. The van der Waals surface area contributed by atoms with Gasteiger partial charge in [0.25, 0.3) is 5.91 Å². The second kappa shape index (κ2) is 7.01. The van der Waals surface area contributed by atoms with Gasteiger partial charge >= 0.3 is 0 Å². The van der Waals surface area contributed by atoms with Crippen molar-refractivity contribution in [3.8, 4) is 0 Å². The van der Waals surface area contributed by atoms with E-state index in [2.05, 4.69) is 22.5 Å². The van der Waals surface area contributed by atoms with Gasteiger partial charge in [-0.05, 0) is 24.7 Å². The molecule has 1 amide bonds. The SMILES string of the molecule is CCCNc1cc(C(=O)NC2CCSC2)c(Cl)cn1. The molecule has 1 aromatic rings. The van der Waals surface area contributed by atoms with Gasteiger partial charge in [-0.15, -0.1) is 0 Å². The molecule has 2 heterocycles. The van der Waals surface area contributed by atoms with Crippen molar-refractivity contribution in [2.24, 2.45) is 0 Å². The lowest BCUT2D eigenvalue weighted by Gasteiger charge is -2.13. The first kappa shape index (κ1) is 14.5. The van der Waals surface area contributed by atoms with Crippen molar-refractivity contribution in [2.75, 3.05) is 23.4 Å². The normalized spacial score (nSPS) is 18.3. The van der Waals surface area contributed by atoms with Gasteiger partial charge in [0.2, 0.25) is 0 Å². The molecule has 4 nitrogen and oxygen atoms in total. The third kappa shape index (κ3) is 4.01. The Morgan fingerprint density at radius 3 is 3.16 bits per heavy atom. The lowest BCUT2D eigenvalue weighted by atomic mass is 10.2. The Morgan fingerprint density at radius 1 is 1.63 bits per heavy atom. The molecule has 1 saturated heterocycles. The maximum Gasteiger partial charge on any atom is 0.253 e. The highest BCUT2D eigenvalue weighted by Gasteiger charge is 2.20. The number of halogens is 1. The molecule has 1 fully saturated rings. The summed E-state index contributed by atoms with van der Waals surface area (Å²) in [4.78, 5) is 16.4. The van der Waals surface area contributed by atoms with Crippen LogP contribution in [0.25, 0.3) is 0 Å². The molecule has 1 aromatic heterocycles. The Labute approximate surface area is 122 Å². The largest absolute Gasteiger partial charge is 0.370 e. The van der Waals surface area contributed by atoms with E-state index < -0.39 is 0 Å². The molecule has 104 valence electrons. The van der Waals surface area contributed by atoms with E-state index >= 15 is 0 Å². The smallest absolute Gasteiger partial charge is 0.253 e. The number of hydrogen-bond acceptors (Lipinski definition) is 4. The van der Waals surface area contributed by atoms with Gasteiger partial charge in [0, 0.05) is 24.5 Å². The van der Waals surface area contributed by atoms with Crippen LogP contribution in [0.3, 0.4) is 0 Å². The fourth-order valence-corrected chi connectivity index (χ4v) is 3.22. The summed E-state index contributed by atoms with van der Waals surface area (Å²) in [6, 6.07) is 1.98. The predicted molar refractivity (Wildman–Crippen MR) is 81.2 cm³/mol. The van der Waals surface area contributed by atoms with E-state index in [9.17, 15) is 4.79 Å². The maximum absolute atomic E-state index is 12.2. The molecule has 19 heavy (non-hydrogen) atoms. The molecule has 0 aromatic carbocycles. The van der Waals surface area contributed by atoms with Crippen molar-refractivity contribution in [1.29, 1.82) is 0 Å². The third-order valence-corrected chi connectivity index (χ3v) is 4.38. The molecule has 6 heteroatoms. The van der Waals surface area contributed by atoms with Crippen molar-refractivity contribution in [3.05, 3.63) is 22.8 Å². The number of aromatic nitrogens is 1. The summed E-state index contributed by atoms with van der Waals surface area (Å²) >= 11 is 7.92. The van der Waals surface area contributed by atoms with Gasteiger partial charge < -0.3 is 10.6 Å². The molecule has 1 atom stereocenters.